The van der Waals surface area contributed by atoms with Crippen molar-refractivity contribution in [1.29, 1.82) is 0 Å². The summed E-state index contributed by atoms with van der Waals surface area (Å²) in [6, 6.07) is 18.7. The number of nitrogens with one attached hydrogen (secondary N) is 1. The molecule has 1 aliphatic carbocycles. The largest absolute Gasteiger partial charge is 0.507 e. The standard InChI is InChI=1S/C30H28N2O5/c1-18(33)31-23-8-5-9-24(17-23)32-27(20-12-14-25(37-2)15-13-20)26(29(35)30(32)36)28(34)22-11-10-19-6-3-4-7-21(19)16-22/h5,8-17,27,34H,3-4,6-7H2,1-2H3,(H,31,33)/b28-26-. The number of carbonyl (C=O) groups is 3. The number of Topliss-reactive ketones (excluding diaryl/α,β-unsaturated/α-hetero) is 1. The van der Waals surface area contributed by atoms with Crippen LogP contribution in [0, 0.1) is 0 Å². The second-order valence-corrected chi connectivity index (χ2v) is 9.36. The lowest BCUT2D eigenvalue weighted by Gasteiger charge is -2.26. The van der Waals surface area contributed by atoms with Crippen molar-refractivity contribution in [3.05, 3.63) is 94.6 Å². The van der Waals surface area contributed by atoms with E-state index in [2.05, 4.69) is 5.32 Å². The minimum atomic E-state index is -0.866. The van der Waals surface area contributed by atoms with Crippen molar-refractivity contribution >= 4 is 34.7 Å². The average Bonchev–Trinajstić information content (AvgIpc) is 3.18. The molecule has 2 aliphatic rings. The molecule has 7 heteroatoms. The maximum Gasteiger partial charge on any atom is 0.300 e. The van der Waals surface area contributed by atoms with E-state index in [1.54, 1.807) is 55.6 Å². The molecule has 1 saturated heterocycles. The SMILES string of the molecule is COc1ccc(C2/C(=C(/O)c3ccc4c(c3)CCCC4)C(=O)C(=O)N2c2cccc(NC(C)=O)c2)cc1. The molecule has 1 heterocycles. The predicted molar refractivity (Wildman–Crippen MR) is 142 cm³/mol. The number of aliphatic hydroxyl groups excluding tert-OH is 1. The summed E-state index contributed by atoms with van der Waals surface area (Å²) in [5.41, 5.74) is 4.52. The van der Waals surface area contributed by atoms with Crippen LogP contribution in [0.1, 0.15) is 48.1 Å². The first-order chi connectivity index (χ1) is 17.9. The van der Waals surface area contributed by atoms with Crippen LogP contribution in [0.2, 0.25) is 0 Å². The fraction of sp³-hybridized carbons (Fsp3) is 0.233. The van der Waals surface area contributed by atoms with Crippen LogP contribution < -0.4 is 15.0 Å². The van der Waals surface area contributed by atoms with Crippen LogP contribution in [0.3, 0.4) is 0 Å². The van der Waals surface area contributed by atoms with Gasteiger partial charge in [0.05, 0.1) is 18.7 Å². The molecular formula is C30H28N2O5. The molecule has 0 saturated carbocycles. The summed E-state index contributed by atoms with van der Waals surface area (Å²) < 4.78 is 5.29. The Morgan fingerprint density at radius 3 is 2.41 bits per heavy atom. The van der Waals surface area contributed by atoms with Crippen molar-refractivity contribution in [1.82, 2.24) is 0 Å². The number of carbonyl (C=O) groups excluding carboxylic acids is 3. The Hall–Kier alpha value is -4.39. The summed E-state index contributed by atoms with van der Waals surface area (Å²) in [5, 5.41) is 14.2. The van der Waals surface area contributed by atoms with Crippen LogP contribution in [-0.4, -0.2) is 29.8 Å². The average molecular weight is 497 g/mol. The predicted octanol–water partition coefficient (Wildman–Crippen LogP) is 5.16. The Balaban J connectivity index is 1.67. The number of hydrogen-bond acceptors (Lipinski definition) is 5. The van der Waals surface area contributed by atoms with E-state index in [1.165, 1.54) is 17.4 Å². The zero-order valence-corrected chi connectivity index (χ0v) is 20.8. The third kappa shape index (κ3) is 4.60. The minimum absolute atomic E-state index is 0.0239. The Morgan fingerprint density at radius 1 is 0.973 bits per heavy atom. The fourth-order valence-electron chi connectivity index (χ4n) is 5.17. The second kappa shape index (κ2) is 9.93. The third-order valence-corrected chi connectivity index (χ3v) is 6.94. The molecule has 2 N–H and O–H groups in total. The zero-order chi connectivity index (χ0) is 26.1. The van der Waals surface area contributed by atoms with Gasteiger partial charge in [-0.25, -0.2) is 0 Å². The number of rotatable bonds is 5. The van der Waals surface area contributed by atoms with Crippen LogP contribution in [0.4, 0.5) is 11.4 Å². The topological polar surface area (TPSA) is 95.9 Å². The number of nitrogens with zero attached hydrogens (tertiary/aromatic N) is 1. The number of amides is 2. The number of ketones is 1. The molecule has 3 aromatic rings. The molecule has 188 valence electrons. The van der Waals surface area contributed by atoms with Crippen molar-refractivity contribution in [2.75, 3.05) is 17.3 Å². The van der Waals surface area contributed by atoms with Crippen molar-refractivity contribution in [2.45, 2.75) is 38.6 Å². The maximum absolute atomic E-state index is 13.5. The lowest BCUT2D eigenvalue weighted by Crippen LogP contribution is -2.29. The zero-order valence-electron chi connectivity index (χ0n) is 20.8. The number of methoxy groups -OCH3 is 1. The number of ether oxygens (including phenoxy) is 1. The monoisotopic (exact) mass is 496 g/mol. The van der Waals surface area contributed by atoms with Gasteiger partial charge in [-0.3, -0.25) is 19.3 Å². The van der Waals surface area contributed by atoms with E-state index < -0.39 is 17.7 Å². The maximum atomic E-state index is 13.5. The normalized spacial score (nSPS) is 18.4. The third-order valence-electron chi connectivity index (χ3n) is 6.94. The van der Waals surface area contributed by atoms with Gasteiger partial charge in [0.15, 0.2) is 0 Å². The van der Waals surface area contributed by atoms with Gasteiger partial charge in [-0.05, 0) is 78.8 Å². The molecule has 1 atom stereocenters. The van der Waals surface area contributed by atoms with E-state index in [9.17, 15) is 19.5 Å². The summed E-state index contributed by atoms with van der Waals surface area (Å²) in [6.45, 7) is 1.40. The molecule has 5 rings (SSSR count). The van der Waals surface area contributed by atoms with Gasteiger partial charge in [0, 0.05) is 23.9 Å². The molecule has 1 unspecified atom stereocenters. The Morgan fingerprint density at radius 2 is 1.70 bits per heavy atom. The molecule has 1 fully saturated rings. The molecule has 1 aliphatic heterocycles. The lowest BCUT2D eigenvalue weighted by molar-refractivity contribution is -0.132. The molecule has 37 heavy (non-hydrogen) atoms. The highest BCUT2D eigenvalue weighted by molar-refractivity contribution is 6.51. The van der Waals surface area contributed by atoms with Gasteiger partial charge < -0.3 is 15.2 Å². The Labute approximate surface area is 215 Å². The first-order valence-electron chi connectivity index (χ1n) is 12.3. The first-order valence-corrected chi connectivity index (χ1v) is 12.3. The summed E-state index contributed by atoms with van der Waals surface area (Å²) in [7, 11) is 1.56. The first kappa shape index (κ1) is 24.3. The molecule has 0 bridgehead atoms. The van der Waals surface area contributed by atoms with Gasteiger partial charge in [0.25, 0.3) is 11.7 Å². The molecular weight excluding hydrogens is 468 g/mol. The number of fused-ring (bicyclic) bond motifs is 1. The van der Waals surface area contributed by atoms with Gasteiger partial charge in [-0.1, -0.05) is 30.3 Å². The van der Waals surface area contributed by atoms with Crippen LogP contribution in [0.5, 0.6) is 5.75 Å². The number of aryl methyl sites for hydroxylation is 2. The fourth-order valence-corrected chi connectivity index (χ4v) is 5.17. The van der Waals surface area contributed by atoms with Crippen molar-refractivity contribution in [2.24, 2.45) is 0 Å². The van der Waals surface area contributed by atoms with Crippen LogP contribution in [-0.2, 0) is 27.2 Å². The number of benzene rings is 3. The molecule has 3 aromatic carbocycles. The van der Waals surface area contributed by atoms with Crippen LogP contribution in [0.15, 0.2) is 72.3 Å². The molecule has 0 radical (unpaired) electrons. The van der Waals surface area contributed by atoms with E-state index >= 15 is 0 Å². The van der Waals surface area contributed by atoms with Crippen molar-refractivity contribution in [3.8, 4) is 5.75 Å². The molecule has 0 spiro atoms. The van der Waals surface area contributed by atoms with Gasteiger partial charge in [-0.15, -0.1) is 0 Å². The molecule has 0 aromatic heterocycles. The Kier molecular flexibility index (Phi) is 6.53. The smallest absolute Gasteiger partial charge is 0.300 e. The number of aliphatic hydroxyl groups is 1. The highest BCUT2D eigenvalue weighted by atomic mass is 16.5. The highest BCUT2D eigenvalue weighted by Crippen LogP contribution is 2.43. The molecule has 7 nitrogen and oxygen atoms in total. The quantitative estimate of drug-likeness (QED) is 0.289. The number of hydrogen-bond donors (Lipinski definition) is 2. The van der Waals surface area contributed by atoms with Gasteiger partial charge in [0.2, 0.25) is 5.91 Å². The van der Waals surface area contributed by atoms with E-state index in [-0.39, 0.29) is 17.2 Å². The van der Waals surface area contributed by atoms with Crippen molar-refractivity contribution in [3.63, 3.8) is 0 Å². The van der Waals surface area contributed by atoms with Crippen LogP contribution >= 0.6 is 0 Å². The van der Waals surface area contributed by atoms with Gasteiger partial charge in [-0.2, -0.15) is 0 Å². The van der Waals surface area contributed by atoms with Crippen LogP contribution in [0.25, 0.3) is 5.76 Å². The van der Waals surface area contributed by atoms with Gasteiger partial charge >= 0.3 is 0 Å². The van der Waals surface area contributed by atoms with Gasteiger partial charge in [0.1, 0.15) is 11.5 Å². The summed E-state index contributed by atoms with van der Waals surface area (Å²) in [6.07, 6.45) is 4.14. The minimum Gasteiger partial charge on any atom is -0.507 e. The number of anilines is 2. The van der Waals surface area contributed by atoms with E-state index in [1.807, 2.05) is 18.2 Å². The lowest BCUT2D eigenvalue weighted by atomic mass is 9.88. The van der Waals surface area contributed by atoms with E-state index in [0.29, 0.717) is 28.3 Å². The van der Waals surface area contributed by atoms with Crippen molar-refractivity contribution < 1.29 is 24.2 Å². The van der Waals surface area contributed by atoms with E-state index in [4.69, 9.17) is 4.74 Å². The Bertz CT molecular complexity index is 1420. The summed E-state index contributed by atoms with van der Waals surface area (Å²) >= 11 is 0. The molecule has 2 amide bonds. The van der Waals surface area contributed by atoms with E-state index in [0.717, 1.165) is 31.2 Å². The summed E-state index contributed by atoms with van der Waals surface area (Å²) in [5.74, 6) is -1.34. The second-order valence-electron chi connectivity index (χ2n) is 9.36. The highest BCUT2D eigenvalue weighted by Gasteiger charge is 2.47. The summed E-state index contributed by atoms with van der Waals surface area (Å²) in [4.78, 5) is 39.9.